The third-order valence-corrected chi connectivity index (χ3v) is 3.65. The van der Waals surface area contributed by atoms with Gasteiger partial charge in [0.2, 0.25) is 5.91 Å². The minimum absolute atomic E-state index is 0.0678. The Balaban J connectivity index is 2.00. The van der Waals surface area contributed by atoms with Gasteiger partial charge in [-0.1, -0.05) is 19.8 Å². The van der Waals surface area contributed by atoms with Gasteiger partial charge in [-0.15, -0.1) is 0 Å². The lowest BCUT2D eigenvalue weighted by Gasteiger charge is -2.20. The average Bonchev–Trinajstić information content (AvgIpc) is 2.63. The van der Waals surface area contributed by atoms with E-state index < -0.39 is 0 Å². The second-order valence-electron chi connectivity index (χ2n) is 5.20. The van der Waals surface area contributed by atoms with Crippen molar-refractivity contribution in [2.75, 3.05) is 13.1 Å². The number of carbonyl (C=O) groups excluding carboxylic acids is 1. The van der Waals surface area contributed by atoms with Gasteiger partial charge in [0.15, 0.2) is 0 Å². The van der Waals surface area contributed by atoms with Crippen molar-refractivity contribution in [3.8, 4) is 0 Å². The third kappa shape index (κ3) is 3.49. The van der Waals surface area contributed by atoms with Crippen molar-refractivity contribution in [3.05, 3.63) is 22.9 Å². The summed E-state index contributed by atoms with van der Waals surface area (Å²) >= 11 is 0. The molecule has 5 nitrogen and oxygen atoms in total. The molecular weight excluding hydrogens is 242 g/mol. The standard InChI is InChI=1S/C14H23N3O2/c1-2-7-16-10-11-17(14(16)19)12-13(18)15-8-5-3-4-6-9-15/h10-11H,2-9,12H2,1H3. The van der Waals surface area contributed by atoms with Crippen LogP contribution in [0.4, 0.5) is 0 Å². The summed E-state index contributed by atoms with van der Waals surface area (Å²) in [6.07, 6.45) is 8.97. The highest BCUT2D eigenvalue weighted by atomic mass is 16.2. The van der Waals surface area contributed by atoms with E-state index in [2.05, 4.69) is 0 Å². The molecule has 19 heavy (non-hydrogen) atoms. The van der Waals surface area contributed by atoms with Crippen molar-refractivity contribution in [1.29, 1.82) is 0 Å². The van der Waals surface area contributed by atoms with Crippen molar-refractivity contribution in [1.82, 2.24) is 14.0 Å². The number of likely N-dealkylation sites (tertiary alicyclic amines) is 1. The predicted octanol–water partition coefficient (Wildman–Crippen LogP) is 1.46. The Bertz CT molecular complexity index is 467. The van der Waals surface area contributed by atoms with Gasteiger partial charge < -0.3 is 4.90 Å². The molecule has 1 aromatic rings. The van der Waals surface area contributed by atoms with Crippen LogP contribution in [0, 0.1) is 0 Å². The van der Waals surface area contributed by atoms with Crippen molar-refractivity contribution in [3.63, 3.8) is 0 Å². The molecule has 1 aliphatic rings. The first-order valence-electron chi connectivity index (χ1n) is 7.25. The van der Waals surface area contributed by atoms with Gasteiger partial charge in [0.25, 0.3) is 0 Å². The molecule has 106 valence electrons. The molecule has 0 radical (unpaired) electrons. The van der Waals surface area contributed by atoms with Crippen LogP contribution in [0.15, 0.2) is 17.2 Å². The number of carbonyl (C=O) groups is 1. The van der Waals surface area contributed by atoms with Gasteiger partial charge in [0.05, 0.1) is 0 Å². The van der Waals surface area contributed by atoms with Crippen molar-refractivity contribution >= 4 is 5.91 Å². The van der Waals surface area contributed by atoms with Crippen molar-refractivity contribution in [2.24, 2.45) is 0 Å². The van der Waals surface area contributed by atoms with E-state index in [1.165, 1.54) is 17.4 Å². The SMILES string of the molecule is CCCn1ccn(CC(=O)N2CCCCCC2)c1=O. The highest BCUT2D eigenvalue weighted by Gasteiger charge is 2.16. The maximum absolute atomic E-state index is 12.2. The monoisotopic (exact) mass is 265 g/mol. The fraction of sp³-hybridized carbons (Fsp3) is 0.714. The Hall–Kier alpha value is -1.52. The number of amides is 1. The molecule has 1 saturated heterocycles. The topological polar surface area (TPSA) is 47.2 Å². The smallest absolute Gasteiger partial charge is 0.328 e. The number of aryl methyl sites for hydroxylation is 1. The maximum Gasteiger partial charge on any atom is 0.328 e. The number of rotatable bonds is 4. The zero-order valence-electron chi connectivity index (χ0n) is 11.7. The molecule has 0 aliphatic carbocycles. The molecule has 0 unspecified atom stereocenters. The summed E-state index contributed by atoms with van der Waals surface area (Å²) in [5, 5.41) is 0. The molecule has 0 atom stereocenters. The molecule has 0 N–H and O–H groups in total. The van der Waals surface area contributed by atoms with Crippen LogP contribution in [0.3, 0.4) is 0 Å². The van der Waals surface area contributed by atoms with Crippen LogP contribution in [0.25, 0.3) is 0 Å². The van der Waals surface area contributed by atoms with Gasteiger partial charge in [0, 0.05) is 32.0 Å². The van der Waals surface area contributed by atoms with E-state index in [9.17, 15) is 9.59 Å². The van der Waals surface area contributed by atoms with E-state index in [0.717, 1.165) is 32.4 Å². The van der Waals surface area contributed by atoms with Crippen molar-refractivity contribution < 1.29 is 4.79 Å². The molecule has 0 spiro atoms. The predicted molar refractivity (Wildman–Crippen MR) is 74.0 cm³/mol. The maximum atomic E-state index is 12.2. The minimum atomic E-state index is -0.0787. The number of hydrogen-bond donors (Lipinski definition) is 0. The quantitative estimate of drug-likeness (QED) is 0.827. The lowest BCUT2D eigenvalue weighted by atomic mass is 10.2. The second kappa shape index (κ2) is 6.59. The summed E-state index contributed by atoms with van der Waals surface area (Å²) in [5.74, 6) is 0.0678. The fourth-order valence-corrected chi connectivity index (χ4v) is 2.55. The average molecular weight is 265 g/mol. The van der Waals surface area contributed by atoms with Crippen LogP contribution in [0.5, 0.6) is 0 Å². The molecule has 0 aromatic carbocycles. The Morgan fingerprint density at radius 2 is 1.74 bits per heavy atom. The number of hydrogen-bond acceptors (Lipinski definition) is 2. The van der Waals surface area contributed by atoms with Gasteiger partial charge in [-0.3, -0.25) is 13.9 Å². The summed E-state index contributed by atoms with van der Waals surface area (Å²) in [5.41, 5.74) is -0.0787. The first-order chi connectivity index (χ1) is 9.22. The summed E-state index contributed by atoms with van der Waals surface area (Å²) in [6.45, 7) is 4.60. The highest BCUT2D eigenvalue weighted by molar-refractivity contribution is 5.76. The Labute approximate surface area is 113 Å². The molecule has 2 rings (SSSR count). The van der Waals surface area contributed by atoms with E-state index in [0.29, 0.717) is 6.54 Å². The summed E-state index contributed by atoms with van der Waals surface area (Å²) < 4.78 is 3.18. The lowest BCUT2D eigenvalue weighted by molar-refractivity contribution is -0.131. The number of nitrogens with zero attached hydrogens (tertiary/aromatic N) is 3. The summed E-state index contributed by atoms with van der Waals surface area (Å²) in [7, 11) is 0. The van der Waals surface area contributed by atoms with Crippen LogP contribution in [-0.2, 0) is 17.9 Å². The van der Waals surface area contributed by atoms with E-state index in [-0.39, 0.29) is 18.1 Å². The lowest BCUT2D eigenvalue weighted by Crippen LogP contribution is -2.37. The van der Waals surface area contributed by atoms with E-state index in [1.807, 2.05) is 11.8 Å². The summed E-state index contributed by atoms with van der Waals surface area (Å²) in [4.78, 5) is 26.1. The molecule has 1 aliphatic heterocycles. The van der Waals surface area contributed by atoms with E-state index >= 15 is 0 Å². The van der Waals surface area contributed by atoms with Crippen LogP contribution in [-0.4, -0.2) is 33.0 Å². The molecule has 0 bridgehead atoms. The molecule has 1 fully saturated rings. The largest absolute Gasteiger partial charge is 0.341 e. The van der Waals surface area contributed by atoms with Crippen molar-refractivity contribution in [2.45, 2.75) is 52.1 Å². The Morgan fingerprint density at radius 3 is 2.37 bits per heavy atom. The second-order valence-corrected chi connectivity index (χ2v) is 5.20. The van der Waals surface area contributed by atoms with Gasteiger partial charge in [-0.2, -0.15) is 0 Å². The molecule has 1 aromatic heterocycles. The zero-order valence-corrected chi connectivity index (χ0v) is 11.7. The Kier molecular flexibility index (Phi) is 4.82. The molecule has 1 amide bonds. The van der Waals surface area contributed by atoms with Gasteiger partial charge in [-0.25, -0.2) is 4.79 Å². The van der Waals surface area contributed by atoms with Crippen LogP contribution in [0.1, 0.15) is 39.0 Å². The van der Waals surface area contributed by atoms with Gasteiger partial charge in [-0.05, 0) is 19.3 Å². The first-order valence-corrected chi connectivity index (χ1v) is 7.25. The van der Waals surface area contributed by atoms with E-state index in [4.69, 9.17) is 0 Å². The number of imidazole rings is 1. The first kappa shape index (κ1) is 13.9. The molecule has 5 heteroatoms. The van der Waals surface area contributed by atoms with Gasteiger partial charge in [0.1, 0.15) is 6.54 Å². The molecule has 0 saturated carbocycles. The van der Waals surface area contributed by atoms with Crippen LogP contribution < -0.4 is 5.69 Å². The number of aromatic nitrogens is 2. The zero-order chi connectivity index (χ0) is 13.7. The van der Waals surface area contributed by atoms with Crippen LogP contribution in [0.2, 0.25) is 0 Å². The van der Waals surface area contributed by atoms with Gasteiger partial charge >= 0.3 is 5.69 Å². The summed E-state index contributed by atoms with van der Waals surface area (Å²) in [6, 6.07) is 0. The van der Waals surface area contributed by atoms with Crippen LogP contribution >= 0.6 is 0 Å². The highest BCUT2D eigenvalue weighted by Crippen LogP contribution is 2.10. The third-order valence-electron chi connectivity index (χ3n) is 3.65. The molecular formula is C14H23N3O2. The minimum Gasteiger partial charge on any atom is -0.341 e. The normalized spacial score (nSPS) is 16.4. The van der Waals surface area contributed by atoms with E-state index in [1.54, 1.807) is 17.0 Å². The molecule has 2 heterocycles. The fourth-order valence-electron chi connectivity index (χ4n) is 2.55. The Morgan fingerprint density at radius 1 is 1.11 bits per heavy atom.